The lowest BCUT2D eigenvalue weighted by atomic mass is 10.1. The van der Waals surface area contributed by atoms with Gasteiger partial charge in [0.25, 0.3) is 0 Å². The van der Waals surface area contributed by atoms with Gasteiger partial charge in [0, 0.05) is 19.1 Å². The van der Waals surface area contributed by atoms with Gasteiger partial charge < -0.3 is 20.3 Å². The smallest absolute Gasteiger partial charge is 0.410 e. The highest BCUT2D eigenvalue weighted by Gasteiger charge is 2.35. The highest BCUT2D eigenvalue weighted by Crippen LogP contribution is 2.21. The molecule has 1 heterocycles. The van der Waals surface area contributed by atoms with Gasteiger partial charge in [-0.3, -0.25) is 4.79 Å². The molecule has 0 radical (unpaired) electrons. The van der Waals surface area contributed by atoms with E-state index in [4.69, 9.17) is 10.5 Å². The van der Waals surface area contributed by atoms with Gasteiger partial charge in [-0.1, -0.05) is 0 Å². The van der Waals surface area contributed by atoms with Crippen LogP contribution in [-0.2, 0) is 9.53 Å². The minimum atomic E-state index is -0.518. The molecule has 0 aromatic carbocycles. The summed E-state index contributed by atoms with van der Waals surface area (Å²) in [5, 5.41) is 0. The molecule has 0 spiro atoms. The molecule has 1 fully saturated rings. The van der Waals surface area contributed by atoms with E-state index in [1.807, 2.05) is 34.6 Å². The first-order valence-electron chi connectivity index (χ1n) is 7.15. The molecule has 0 unspecified atom stereocenters. The Hall–Kier alpha value is -1.30. The maximum absolute atomic E-state index is 12.3. The van der Waals surface area contributed by atoms with Crippen LogP contribution in [0, 0.1) is 0 Å². The summed E-state index contributed by atoms with van der Waals surface area (Å²) in [4.78, 5) is 27.4. The van der Waals surface area contributed by atoms with E-state index in [2.05, 4.69) is 0 Å². The van der Waals surface area contributed by atoms with Crippen molar-refractivity contribution in [2.24, 2.45) is 5.73 Å². The van der Waals surface area contributed by atoms with Crippen molar-refractivity contribution in [2.75, 3.05) is 19.6 Å². The van der Waals surface area contributed by atoms with E-state index in [-0.39, 0.29) is 30.6 Å². The number of amides is 2. The third-order valence-electron chi connectivity index (χ3n) is 3.24. The van der Waals surface area contributed by atoms with Crippen LogP contribution >= 0.6 is 0 Å². The number of carbonyl (C=O) groups excluding carboxylic acids is 2. The Morgan fingerprint density at radius 2 is 2.00 bits per heavy atom. The Kier molecular flexibility index (Phi) is 5.39. The van der Waals surface area contributed by atoms with Crippen LogP contribution in [-0.4, -0.2) is 59.1 Å². The number of hydrogen-bond acceptors (Lipinski definition) is 4. The average molecular weight is 285 g/mol. The van der Waals surface area contributed by atoms with Crippen LogP contribution in [0.25, 0.3) is 0 Å². The fourth-order valence-corrected chi connectivity index (χ4v) is 2.42. The third-order valence-corrected chi connectivity index (χ3v) is 3.24. The van der Waals surface area contributed by atoms with E-state index < -0.39 is 5.60 Å². The van der Waals surface area contributed by atoms with E-state index in [1.165, 1.54) is 0 Å². The van der Waals surface area contributed by atoms with E-state index >= 15 is 0 Å². The lowest BCUT2D eigenvalue weighted by Gasteiger charge is -2.34. The van der Waals surface area contributed by atoms with Crippen molar-refractivity contribution in [1.29, 1.82) is 0 Å². The zero-order chi connectivity index (χ0) is 15.5. The van der Waals surface area contributed by atoms with Crippen LogP contribution in [0.3, 0.4) is 0 Å². The maximum Gasteiger partial charge on any atom is 0.410 e. The molecular formula is C14H27N3O3. The predicted octanol–water partition coefficient (Wildman–Crippen LogP) is 1.19. The quantitative estimate of drug-likeness (QED) is 0.845. The van der Waals surface area contributed by atoms with Crippen molar-refractivity contribution in [3.8, 4) is 0 Å². The second-order valence-electron chi connectivity index (χ2n) is 6.47. The zero-order valence-corrected chi connectivity index (χ0v) is 13.2. The molecule has 6 heteroatoms. The van der Waals surface area contributed by atoms with Gasteiger partial charge in [-0.2, -0.15) is 0 Å². The van der Waals surface area contributed by atoms with Gasteiger partial charge >= 0.3 is 6.09 Å². The van der Waals surface area contributed by atoms with Crippen molar-refractivity contribution in [3.63, 3.8) is 0 Å². The molecule has 1 saturated heterocycles. The summed E-state index contributed by atoms with van der Waals surface area (Å²) >= 11 is 0. The lowest BCUT2D eigenvalue weighted by Crippen LogP contribution is -2.48. The second-order valence-corrected chi connectivity index (χ2v) is 6.47. The number of hydrogen-bond donors (Lipinski definition) is 1. The molecule has 0 saturated carbocycles. The Morgan fingerprint density at radius 3 is 2.45 bits per heavy atom. The van der Waals surface area contributed by atoms with Crippen molar-refractivity contribution in [1.82, 2.24) is 9.80 Å². The normalized spacial score (nSPS) is 19.4. The maximum atomic E-state index is 12.3. The van der Waals surface area contributed by atoms with E-state index in [1.54, 1.807) is 9.80 Å². The summed E-state index contributed by atoms with van der Waals surface area (Å²) in [5.41, 5.74) is 4.86. The molecule has 20 heavy (non-hydrogen) atoms. The standard InChI is InChI=1S/C14H27N3O3/c1-10(2)17(13(19)20-14(3,4)5)11-6-7-16(9-11)12(18)8-15/h10-11H,6-9,15H2,1-5H3/t11-/m1/s1. The van der Waals surface area contributed by atoms with Crippen LogP contribution in [0.5, 0.6) is 0 Å². The molecule has 1 aliphatic rings. The highest BCUT2D eigenvalue weighted by atomic mass is 16.6. The van der Waals surface area contributed by atoms with Gasteiger partial charge in [0.2, 0.25) is 5.91 Å². The molecule has 116 valence electrons. The van der Waals surface area contributed by atoms with Gasteiger partial charge in [0.05, 0.1) is 12.6 Å². The van der Waals surface area contributed by atoms with Gasteiger partial charge in [-0.05, 0) is 41.0 Å². The number of nitrogens with zero attached hydrogens (tertiary/aromatic N) is 2. The molecule has 0 aromatic heterocycles. The summed E-state index contributed by atoms with van der Waals surface area (Å²) in [6.45, 7) is 10.7. The predicted molar refractivity (Wildman–Crippen MR) is 77.2 cm³/mol. The summed E-state index contributed by atoms with van der Waals surface area (Å²) in [5.74, 6) is -0.0691. The fourth-order valence-electron chi connectivity index (χ4n) is 2.42. The van der Waals surface area contributed by atoms with Crippen LogP contribution in [0.1, 0.15) is 41.0 Å². The van der Waals surface area contributed by atoms with Gasteiger partial charge in [-0.25, -0.2) is 4.79 Å². The number of rotatable bonds is 3. The van der Waals surface area contributed by atoms with Crippen LogP contribution in [0.15, 0.2) is 0 Å². The summed E-state index contributed by atoms with van der Waals surface area (Å²) in [6.07, 6.45) is 0.447. The van der Waals surface area contributed by atoms with Crippen LogP contribution in [0.2, 0.25) is 0 Å². The average Bonchev–Trinajstić information content (AvgIpc) is 2.74. The molecule has 2 amide bonds. The Balaban J connectivity index is 2.73. The summed E-state index contributed by atoms with van der Waals surface area (Å²) in [6, 6.07) is 0.0307. The molecule has 1 rings (SSSR count). The fraction of sp³-hybridized carbons (Fsp3) is 0.857. The van der Waals surface area contributed by atoms with E-state index in [0.29, 0.717) is 13.1 Å². The number of likely N-dealkylation sites (tertiary alicyclic amines) is 1. The first-order chi connectivity index (χ1) is 9.15. The van der Waals surface area contributed by atoms with Gasteiger partial charge in [0.1, 0.15) is 5.60 Å². The molecule has 6 nitrogen and oxygen atoms in total. The van der Waals surface area contributed by atoms with Gasteiger partial charge in [0.15, 0.2) is 0 Å². The largest absolute Gasteiger partial charge is 0.444 e. The van der Waals surface area contributed by atoms with E-state index in [9.17, 15) is 9.59 Å². The highest BCUT2D eigenvalue weighted by molar-refractivity contribution is 5.78. The molecule has 0 aromatic rings. The first kappa shape index (κ1) is 16.8. The molecule has 1 atom stereocenters. The zero-order valence-electron chi connectivity index (χ0n) is 13.2. The van der Waals surface area contributed by atoms with E-state index in [0.717, 1.165) is 6.42 Å². The topological polar surface area (TPSA) is 75.9 Å². The second kappa shape index (κ2) is 6.43. The van der Waals surface area contributed by atoms with Crippen molar-refractivity contribution in [3.05, 3.63) is 0 Å². The number of ether oxygens (including phenoxy) is 1. The van der Waals surface area contributed by atoms with Crippen molar-refractivity contribution < 1.29 is 14.3 Å². The number of carbonyl (C=O) groups is 2. The van der Waals surface area contributed by atoms with Crippen LogP contribution < -0.4 is 5.73 Å². The van der Waals surface area contributed by atoms with Crippen LogP contribution in [0.4, 0.5) is 4.79 Å². The Morgan fingerprint density at radius 1 is 1.40 bits per heavy atom. The summed E-state index contributed by atoms with van der Waals surface area (Å²) in [7, 11) is 0. The van der Waals surface area contributed by atoms with Crippen molar-refractivity contribution in [2.45, 2.75) is 58.7 Å². The molecule has 1 aliphatic heterocycles. The van der Waals surface area contributed by atoms with Crippen molar-refractivity contribution >= 4 is 12.0 Å². The van der Waals surface area contributed by atoms with Gasteiger partial charge in [-0.15, -0.1) is 0 Å². The molecule has 2 N–H and O–H groups in total. The Labute approximate surface area is 121 Å². The Bertz CT molecular complexity index is 363. The summed E-state index contributed by atoms with van der Waals surface area (Å²) < 4.78 is 5.45. The third kappa shape index (κ3) is 4.37. The minimum Gasteiger partial charge on any atom is -0.444 e. The monoisotopic (exact) mass is 285 g/mol. The molecular weight excluding hydrogens is 258 g/mol. The minimum absolute atomic E-state index is 0.000324. The first-order valence-corrected chi connectivity index (χ1v) is 7.15. The number of nitrogens with two attached hydrogens (primary N) is 1. The molecule has 0 aliphatic carbocycles. The SMILES string of the molecule is CC(C)N(C(=O)OC(C)(C)C)[C@@H]1CCN(C(=O)CN)C1. The molecule has 0 bridgehead atoms. The lowest BCUT2D eigenvalue weighted by molar-refractivity contribution is -0.128.